The maximum Gasteiger partial charge on any atom is 0.304 e. The highest BCUT2D eigenvalue weighted by Gasteiger charge is 2.45. The molecule has 204 valence electrons. The van der Waals surface area contributed by atoms with Crippen LogP contribution < -0.4 is 0 Å². The molecule has 0 aliphatic carbocycles. The highest BCUT2D eigenvalue weighted by molar-refractivity contribution is 6.30. The molecule has 8 nitrogen and oxygen atoms in total. The lowest BCUT2D eigenvalue weighted by Gasteiger charge is -2.46. The number of rotatable bonds is 9. The van der Waals surface area contributed by atoms with Gasteiger partial charge < -0.3 is 19.6 Å². The first-order valence-corrected chi connectivity index (χ1v) is 13.7. The van der Waals surface area contributed by atoms with Crippen LogP contribution in [0.15, 0.2) is 48.5 Å². The quantitative estimate of drug-likeness (QED) is 0.487. The minimum atomic E-state index is -0.833. The van der Waals surface area contributed by atoms with Crippen LogP contribution >= 0.6 is 23.2 Å². The molecule has 2 aliphatic heterocycles. The number of carbonyl (C=O) groups excluding carboxylic acids is 2. The number of piperazine rings is 1. The van der Waals surface area contributed by atoms with Gasteiger partial charge in [0.2, 0.25) is 11.8 Å². The molecule has 3 atom stereocenters. The molecule has 0 bridgehead atoms. The van der Waals surface area contributed by atoms with E-state index in [1.165, 1.54) is 0 Å². The summed E-state index contributed by atoms with van der Waals surface area (Å²) in [6.45, 7) is 4.51. The summed E-state index contributed by atoms with van der Waals surface area (Å²) < 4.78 is 6.11. The van der Waals surface area contributed by atoms with Crippen LogP contribution in [0.1, 0.15) is 49.5 Å². The second-order valence-electron chi connectivity index (χ2n) is 9.70. The molecule has 0 aromatic heterocycles. The van der Waals surface area contributed by atoms with Gasteiger partial charge in [-0.3, -0.25) is 19.3 Å². The van der Waals surface area contributed by atoms with E-state index in [-0.39, 0.29) is 24.8 Å². The van der Waals surface area contributed by atoms with Crippen molar-refractivity contribution >= 4 is 41.0 Å². The van der Waals surface area contributed by atoms with E-state index in [1.807, 2.05) is 31.2 Å². The molecule has 0 radical (unpaired) electrons. The monoisotopic (exact) mass is 561 g/mol. The standard InChI is InChI=1S/C28H33Cl2N3O5/c1-2-3-23(28(37)32-16-14-31(15-17-32)13-12-25(35)36)33-24(34)18-38-27(20-6-10-22(30)11-7-20)26(33)19-4-8-21(29)9-5-19/h4-11,23,26-27H,2-3,12-18H2,1H3,(H,35,36)/t23?,26-,27+/m1/s1. The Morgan fingerprint density at radius 1 is 0.974 bits per heavy atom. The van der Waals surface area contributed by atoms with Crippen LogP contribution in [-0.4, -0.2) is 83.0 Å². The zero-order valence-corrected chi connectivity index (χ0v) is 22.9. The Labute approximate surface area is 233 Å². The molecule has 2 fully saturated rings. The van der Waals surface area contributed by atoms with Gasteiger partial charge in [-0.2, -0.15) is 0 Å². The molecule has 1 unspecified atom stereocenters. The fraction of sp³-hybridized carbons (Fsp3) is 0.464. The summed E-state index contributed by atoms with van der Waals surface area (Å²) in [5.74, 6) is -1.16. The molecular weight excluding hydrogens is 529 g/mol. The topological polar surface area (TPSA) is 90.4 Å². The Kier molecular flexibility index (Phi) is 9.65. The summed E-state index contributed by atoms with van der Waals surface area (Å²) in [6.07, 6.45) is 0.815. The van der Waals surface area contributed by atoms with Crippen molar-refractivity contribution in [2.45, 2.75) is 44.4 Å². The number of carbonyl (C=O) groups is 3. The van der Waals surface area contributed by atoms with Gasteiger partial charge in [0.1, 0.15) is 18.8 Å². The predicted octanol–water partition coefficient (Wildman–Crippen LogP) is 4.42. The number of ether oxygens (including phenoxy) is 1. The van der Waals surface area contributed by atoms with Crippen LogP contribution in [0.5, 0.6) is 0 Å². The fourth-order valence-electron chi connectivity index (χ4n) is 5.23. The minimum absolute atomic E-state index is 0.0730. The number of benzene rings is 2. The molecule has 2 aromatic carbocycles. The highest BCUT2D eigenvalue weighted by atomic mass is 35.5. The van der Waals surface area contributed by atoms with Crippen molar-refractivity contribution in [1.82, 2.24) is 14.7 Å². The van der Waals surface area contributed by atoms with Crippen LogP contribution in [0.3, 0.4) is 0 Å². The Balaban J connectivity index is 1.64. The Morgan fingerprint density at radius 3 is 2.11 bits per heavy atom. The van der Waals surface area contributed by atoms with E-state index in [0.29, 0.717) is 49.2 Å². The largest absolute Gasteiger partial charge is 0.481 e. The summed E-state index contributed by atoms with van der Waals surface area (Å²) in [6, 6.07) is 13.5. The molecule has 1 N–H and O–H groups in total. The van der Waals surface area contributed by atoms with Crippen molar-refractivity contribution < 1.29 is 24.2 Å². The number of hydrogen-bond donors (Lipinski definition) is 1. The average molecular weight is 562 g/mol. The zero-order valence-electron chi connectivity index (χ0n) is 21.4. The van der Waals surface area contributed by atoms with E-state index in [0.717, 1.165) is 17.5 Å². The van der Waals surface area contributed by atoms with E-state index in [4.69, 9.17) is 33.0 Å². The molecule has 10 heteroatoms. The third kappa shape index (κ3) is 6.67. The maximum absolute atomic E-state index is 14.0. The van der Waals surface area contributed by atoms with Gasteiger partial charge in [0, 0.05) is 42.8 Å². The molecule has 2 aromatic rings. The second kappa shape index (κ2) is 12.9. The summed E-state index contributed by atoms with van der Waals surface area (Å²) in [7, 11) is 0. The van der Waals surface area contributed by atoms with Crippen molar-refractivity contribution in [3.05, 3.63) is 69.7 Å². The van der Waals surface area contributed by atoms with Gasteiger partial charge in [0.15, 0.2) is 0 Å². The molecule has 38 heavy (non-hydrogen) atoms. The lowest BCUT2D eigenvalue weighted by atomic mass is 9.90. The number of halogens is 2. The third-order valence-corrected chi connectivity index (χ3v) is 7.68. The van der Waals surface area contributed by atoms with Crippen LogP contribution in [0.2, 0.25) is 10.0 Å². The van der Waals surface area contributed by atoms with Gasteiger partial charge in [0.05, 0.1) is 12.5 Å². The Morgan fingerprint density at radius 2 is 1.55 bits per heavy atom. The SMILES string of the molecule is CCCC(C(=O)N1CCN(CCC(=O)O)CC1)N1C(=O)CO[C@@H](c2ccc(Cl)cc2)[C@H]1c1ccc(Cl)cc1. The first kappa shape index (κ1) is 28.4. The van der Waals surface area contributed by atoms with E-state index in [1.54, 1.807) is 34.1 Å². The van der Waals surface area contributed by atoms with Crippen LogP contribution in [0, 0.1) is 0 Å². The molecule has 0 saturated carbocycles. The molecular formula is C28H33Cl2N3O5. The number of aliphatic carboxylic acids is 1. The van der Waals surface area contributed by atoms with Gasteiger partial charge in [-0.15, -0.1) is 0 Å². The van der Waals surface area contributed by atoms with Crippen LogP contribution in [-0.2, 0) is 19.1 Å². The van der Waals surface area contributed by atoms with Crippen LogP contribution in [0.4, 0.5) is 0 Å². The molecule has 2 heterocycles. The number of nitrogens with zero attached hydrogens (tertiary/aromatic N) is 3. The summed E-state index contributed by atoms with van der Waals surface area (Å²) in [4.78, 5) is 44.0. The number of carboxylic acid groups (broad SMARTS) is 1. The predicted molar refractivity (Wildman–Crippen MR) is 145 cm³/mol. The first-order valence-electron chi connectivity index (χ1n) is 12.9. The average Bonchev–Trinajstić information content (AvgIpc) is 2.92. The number of morpholine rings is 1. The number of carboxylic acids is 1. The van der Waals surface area contributed by atoms with Crippen molar-refractivity contribution in [3.8, 4) is 0 Å². The lowest BCUT2D eigenvalue weighted by Crippen LogP contribution is -2.59. The van der Waals surface area contributed by atoms with E-state index in [9.17, 15) is 14.4 Å². The van der Waals surface area contributed by atoms with E-state index < -0.39 is 24.2 Å². The van der Waals surface area contributed by atoms with Crippen molar-refractivity contribution in [3.63, 3.8) is 0 Å². The molecule has 2 aliphatic rings. The summed E-state index contributed by atoms with van der Waals surface area (Å²) in [5.41, 5.74) is 1.69. The summed E-state index contributed by atoms with van der Waals surface area (Å²) >= 11 is 12.3. The zero-order chi connectivity index (χ0) is 27.2. The van der Waals surface area contributed by atoms with Crippen LogP contribution in [0.25, 0.3) is 0 Å². The van der Waals surface area contributed by atoms with Gasteiger partial charge >= 0.3 is 5.97 Å². The second-order valence-corrected chi connectivity index (χ2v) is 10.6. The minimum Gasteiger partial charge on any atom is -0.481 e. The summed E-state index contributed by atoms with van der Waals surface area (Å²) in [5, 5.41) is 10.2. The fourth-order valence-corrected chi connectivity index (χ4v) is 5.49. The molecule has 0 spiro atoms. The number of hydrogen-bond acceptors (Lipinski definition) is 5. The third-order valence-electron chi connectivity index (χ3n) is 7.18. The first-order chi connectivity index (χ1) is 18.3. The smallest absolute Gasteiger partial charge is 0.304 e. The van der Waals surface area contributed by atoms with Crippen molar-refractivity contribution in [1.29, 1.82) is 0 Å². The highest BCUT2D eigenvalue weighted by Crippen LogP contribution is 2.42. The van der Waals surface area contributed by atoms with Gasteiger partial charge in [0.25, 0.3) is 0 Å². The molecule has 2 saturated heterocycles. The molecule has 4 rings (SSSR count). The maximum atomic E-state index is 14.0. The van der Waals surface area contributed by atoms with E-state index >= 15 is 0 Å². The Bertz CT molecular complexity index is 1120. The van der Waals surface area contributed by atoms with Crippen molar-refractivity contribution in [2.75, 3.05) is 39.3 Å². The lowest BCUT2D eigenvalue weighted by molar-refractivity contribution is -0.170. The van der Waals surface area contributed by atoms with Crippen molar-refractivity contribution in [2.24, 2.45) is 0 Å². The van der Waals surface area contributed by atoms with Gasteiger partial charge in [-0.05, 0) is 41.8 Å². The van der Waals surface area contributed by atoms with E-state index in [2.05, 4.69) is 4.90 Å². The normalized spacial score (nSPS) is 21.4. The molecule has 2 amide bonds. The Hall–Kier alpha value is -2.65. The van der Waals surface area contributed by atoms with Gasteiger partial charge in [-0.1, -0.05) is 60.8 Å². The number of amides is 2. The van der Waals surface area contributed by atoms with Gasteiger partial charge in [-0.25, -0.2) is 0 Å².